The van der Waals surface area contributed by atoms with Gasteiger partial charge in [0.25, 0.3) is 0 Å². The van der Waals surface area contributed by atoms with Gasteiger partial charge in [0.1, 0.15) is 12.2 Å². The Morgan fingerprint density at radius 3 is 2.58 bits per heavy atom. The second-order valence-electron chi connectivity index (χ2n) is 7.47. The van der Waals surface area contributed by atoms with Crippen LogP contribution in [0.3, 0.4) is 0 Å². The quantitative estimate of drug-likeness (QED) is 0.857. The summed E-state index contributed by atoms with van der Waals surface area (Å²) in [6.07, 6.45) is -0.402. The Kier molecular flexibility index (Phi) is 6.85. The maximum absolute atomic E-state index is 12.2. The van der Waals surface area contributed by atoms with E-state index in [1.807, 2.05) is 51.1 Å². The average Bonchev–Trinajstić information content (AvgIpc) is 2.59. The van der Waals surface area contributed by atoms with Crippen LogP contribution in [0.25, 0.3) is 0 Å². The topological polar surface area (TPSA) is 88.1 Å². The number of amides is 2. The second-order valence-corrected chi connectivity index (χ2v) is 7.47. The first-order chi connectivity index (χ1) is 12.3. The summed E-state index contributed by atoms with van der Waals surface area (Å²) in [6, 6.07) is 8.99. The molecule has 1 aromatic rings. The summed E-state index contributed by atoms with van der Waals surface area (Å²) in [5.41, 5.74) is 0.308. The molecule has 2 atom stereocenters. The Labute approximate surface area is 154 Å². The Morgan fingerprint density at radius 1 is 1.27 bits per heavy atom. The SMILES string of the molecule is CC(C)(C)OC(=O)N1CC[C@@H](CO)[C@@H](NC(=O)OCc2ccccc2)C1. The molecule has 0 aliphatic carbocycles. The van der Waals surface area contributed by atoms with Crippen molar-refractivity contribution in [1.82, 2.24) is 10.2 Å². The van der Waals surface area contributed by atoms with Crippen molar-refractivity contribution in [2.75, 3.05) is 19.7 Å². The van der Waals surface area contributed by atoms with Crippen LogP contribution in [0.5, 0.6) is 0 Å². The summed E-state index contributed by atoms with van der Waals surface area (Å²) in [5, 5.41) is 12.3. The molecule has 1 heterocycles. The first-order valence-electron chi connectivity index (χ1n) is 8.84. The number of aliphatic hydroxyl groups is 1. The molecule has 1 aromatic carbocycles. The minimum Gasteiger partial charge on any atom is -0.445 e. The number of rotatable bonds is 4. The lowest BCUT2D eigenvalue weighted by molar-refractivity contribution is 0.00947. The number of piperidine rings is 1. The smallest absolute Gasteiger partial charge is 0.410 e. The van der Waals surface area contributed by atoms with Crippen molar-refractivity contribution in [3.05, 3.63) is 35.9 Å². The maximum Gasteiger partial charge on any atom is 0.410 e. The Bertz CT molecular complexity index is 600. The largest absolute Gasteiger partial charge is 0.445 e. The summed E-state index contributed by atoms with van der Waals surface area (Å²) in [6.45, 7) is 6.29. The van der Waals surface area contributed by atoms with Crippen LogP contribution in [0, 0.1) is 5.92 Å². The van der Waals surface area contributed by atoms with Crippen LogP contribution in [0.4, 0.5) is 9.59 Å². The van der Waals surface area contributed by atoms with Gasteiger partial charge in [-0.15, -0.1) is 0 Å². The van der Waals surface area contributed by atoms with E-state index in [0.717, 1.165) is 5.56 Å². The number of hydrogen-bond donors (Lipinski definition) is 2. The Hall–Kier alpha value is -2.28. The predicted octanol–water partition coefficient (Wildman–Crippen LogP) is 2.53. The minimum atomic E-state index is -0.581. The number of nitrogens with zero attached hydrogens (tertiary/aromatic N) is 1. The normalized spacial score (nSPS) is 20.4. The Balaban J connectivity index is 1.89. The van der Waals surface area contributed by atoms with Crippen molar-refractivity contribution in [2.45, 2.75) is 45.4 Å². The zero-order chi connectivity index (χ0) is 19.2. The average molecular weight is 364 g/mol. The fourth-order valence-electron chi connectivity index (χ4n) is 2.79. The summed E-state index contributed by atoms with van der Waals surface area (Å²) >= 11 is 0. The molecule has 7 heteroatoms. The highest BCUT2D eigenvalue weighted by molar-refractivity contribution is 5.70. The van der Waals surface area contributed by atoms with E-state index in [1.165, 1.54) is 0 Å². The van der Waals surface area contributed by atoms with Crippen molar-refractivity contribution < 1.29 is 24.2 Å². The number of aliphatic hydroxyl groups excluding tert-OH is 1. The van der Waals surface area contributed by atoms with E-state index in [1.54, 1.807) is 4.90 Å². The second kappa shape index (κ2) is 8.89. The van der Waals surface area contributed by atoms with Crippen molar-refractivity contribution in [1.29, 1.82) is 0 Å². The molecule has 2 amide bonds. The van der Waals surface area contributed by atoms with E-state index < -0.39 is 17.8 Å². The molecule has 0 aromatic heterocycles. The molecule has 2 rings (SSSR count). The Morgan fingerprint density at radius 2 is 1.96 bits per heavy atom. The van der Waals surface area contributed by atoms with Crippen LogP contribution in [0.15, 0.2) is 30.3 Å². The van der Waals surface area contributed by atoms with E-state index >= 15 is 0 Å². The molecular weight excluding hydrogens is 336 g/mol. The molecule has 2 N–H and O–H groups in total. The van der Waals surface area contributed by atoms with Gasteiger partial charge in [0.05, 0.1) is 6.04 Å². The highest BCUT2D eigenvalue weighted by atomic mass is 16.6. The summed E-state index contributed by atoms with van der Waals surface area (Å²) in [7, 11) is 0. The van der Waals surface area contributed by atoms with Gasteiger partial charge < -0.3 is 24.8 Å². The molecular formula is C19H28N2O5. The predicted molar refractivity (Wildman–Crippen MR) is 96.6 cm³/mol. The van der Waals surface area contributed by atoms with Crippen LogP contribution in [-0.4, -0.2) is 53.5 Å². The minimum absolute atomic E-state index is 0.0637. The zero-order valence-corrected chi connectivity index (χ0v) is 15.6. The molecule has 1 fully saturated rings. The monoisotopic (exact) mass is 364 g/mol. The van der Waals surface area contributed by atoms with Gasteiger partial charge in [-0.3, -0.25) is 0 Å². The van der Waals surface area contributed by atoms with E-state index in [-0.39, 0.29) is 31.7 Å². The molecule has 0 spiro atoms. The van der Waals surface area contributed by atoms with Crippen LogP contribution < -0.4 is 5.32 Å². The molecule has 1 saturated heterocycles. The number of hydrogen-bond acceptors (Lipinski definition) is 5. The molecule has 1 aliphatic heterocycles. The lowest BCUT2D eigenvalue weighted by Gasteiger charge is -2.38. The molecule has 26 heavy (non-hydrogen) atoms. The van der Waals surface area contributed by atoms with Gasteiger partial charge in [-0.25, -0.2) is 9.59 Å². The zero-order valence-electron chi connectivity index (χ0n) is 15.6. The van der Waals surface area contributed by atoms with Crippen molar-refractivity contribution in [3.63, 3.8) is 0 Å². The van der Waals surface area contributed by atoms with Gasteiger partial charge in [-0.2, -0.15) is 0 Å². The number of benzene rings is 1. The maximum atomic E-state index is 12.2. The van der Waals surface area contributed by atoms with Crippen molar-refractivity contribution in [3.8, 4) is 0 Å². The number of carbonyl (C=O) groups excluding carboxylic acids is 2. The third-order valence-corrected chi connectivity index (χ3v) is 4.16. The lowest BCUT2D eigenvalue weighted by atomic mass is 9.92. The molecule has 1 aliphatic rings. The van der Waals surface area contributed by atoms with Crippen LogP contribution in [-0.2, 0) is 16.1 Å². The van der Waals surface area contributed by atoms with Crippen molar-refractivity contribution >= 4 is 12.2 Å². The number of nitrogens with one attached hydrogen (secondary N) is 1. The molecule has 144 valence electrons. The summed E-state index contributed by atoms with van der Waals surface area (Å²) in [5.74, 6) is -0.127. The molecule has 0 saturated carbocycles. The lowest BCUT2D eigenvalue weighted by Crippen LogP contribution is -2.55. The van der Waals surface area contributed by atoms with E-state index in [0.29, 0.717) is 13.0 Å². The molecule has 0 unspecified atom stereocenters. The fraction of sp³-hybridized carbons (Fsp3) is 0.579. The number of ether oxygens (including phenoxy) is 2. The van der Waals surface area contributed by atoms with E-state index in [2.05, 4.69) is 5.32 Å². The summed E-state index contributed by atoms with van der Waals surface area (Å²) in [4.78, 5) is 25.9. The molecule has 0 radical (unpaired) electrons. The van der Waals surface area contributed by atoms with Crippen molar-refractivity contribution in [2.24, 2.45) is 5.92 Å². The molecule has 7 nitrogen and oxygen atoms in total. The standard InChI is InChI=1S/C19H28N2O5/c1-19(2,3)26-18(24)21-10-9-15(12-22)16(11-21)20-17(23)25-13-14-7-5-4-6-8-14/h4-8,15-16,22H,9-13H2,1-3H3,(H,20,23)/t15-,16-/m0/s1. The van der Waals surface area contributed by atoms with Gasteiger partial charge in [-0.1, -0.05) is 30.3 Å². The van der Waals surface area contributed by atoms with E-state index in [9.17, 15) is 14.7 Å². The third kappa shape index (κ3) is 6.22. The number of carbonyl (C=O) groups is 2. The van der Waals surface area contributed by atoms with Crippen LogP contribution in [0.1, 0.15) is 32.8 Å². The van der Waals surface area contributed by atoms with Gasteiger partial charge in [0.15, 0.2) is 0 Å². The number of likely N-dealkylation sites (tertiary alicyclic amines) is 1. The van der Waals surface area contributed by atoms with Gasteiger partial charge in [0.2, 0.25) is 0 Å². The van der Waals surface area contributed by atoms with Gasteiger partial charge >= 0.3 is 12.2 Å². The molecule has 0 bridgehead atoms. The highest BCUT2D eigenvalue weighted by Gasteiger charge is 2.34. The first-order valence-corrected chi connectivity index (χ1v) is 8.84. The number of alkyl carbamates (subject to hydrolysis) is 1. The van der Waals surface area contributed by atoms with Gasteiger partial charge in [0, 0.05) is 25.6 Å². The highest BCUT2D eigenvalue weighted by Crippen LogP contribution is 2.20. The third-order valence-electron chi connectivity index (χ3n) is 4.16. The van der Waals surface area contributed by atoms with Crippen LogP contribution >= 0.6 is 0 Å². The van der Waals surface area contributed by atoms with Gasteiger partial charge in [-0.05, 0) is 32.8 Å². The first kappa shape index (κ1) is 20.0. The van der Waals surface area contributed by atoms with E-state index in [4.69, 9.17) is 9.47 Å². The van der Waals surface area contributed by atoms with Crippen LogP contribution in [0.2, 0.25) is 0 Å². The summed E-state index contributed by atoms with van der Waals surface area (Å²) < 4.78 is 10.6. The fourth-order valence-corrected chi connectivity index (χ4v) is 2.79.